The Morgan fingerprint density at radius 1 is 1.23 bits per heavy atom. The Morgan fingerprint density at radius 2 is 1.86 bits per heavy atom. The Balaban J connectivity index is 2.41. The summed E-state index contributed by atoms with van der Waals surface area (Å²) in [6.07, 6.45) is 2.30. The molecule has 1 saturated heterocycles. The summed E-state index contributed by atoms with van der Waals surface area (Å²) in [5.74, 6) is 0. The van der Waals surface area contributed by atoms with Crippen LogP contribution in [0.25, 0.3) is 0 Å². The van der Waals surface area contributed by atoms with Crippen molar-refractivity contribution in [3.05, 3.63) is 0 Å². The fourth-order valence-electron chi connectivity index (χ4n) is 2.39. The van der Waals surface area contributed by atoms with E-state index in [1.807, 2.05) is 41.5 Å². The lowest BCUT2D eigenvalue weighted by molar-refractivity contribution is 0.0255. The third-order valence-electron chi connectivity index (χ3n) is 3.98. The van der Waals surface area contributed by atoms with Gasteiger partial charge in [-0.25, -0.2) is 4.79 Å². The third-order valence-corrected chi connectivity index (χ3v) is 3.98. The van der Waals surface area contributed by atoms with Gasteiger partial charge < -0.3 is 20.1 Å². The lowest BCUT2D eigenvalue weighted by Crippen LogP contribution is -2.42. The first-order valence-corrected chi connectivity index (χ1v) is 8.38. The average molecular weight is 314 g/mol. The number of likely N-dealkylation sites (tertiary alicyclic amines) is 1. The van der Waals surface area contributed by atoms with Gasteiger partial charge in [-0.3, -0.25) is 0 Å². The molecule has 1 aliphatic rings. The van der Waals surface area contributed by atoms with E-state index in [0.29, 0.717) is 19.1 Å². The topological polar surface area (TPSA) is 61.8 Å². The van der Waals surface area contributed by atoms with Crippen LogP contribution in [0.2, 0.25) is 0 Å². The molecule has 1 aliphatic heterocycles. The van der Waals surface area contributed by atoms with Crippen molar-refractivity contribution in [1.29, 1.82) is 0 Å². The van der Waals surface area contributed by atoms with Crippen LogP contribution >= 0.6 is 0 Å². The largest absolute Gasteiger partial charge is 0.444 e. The van der Waals surface area contributed by atoms with Crippen LogP contribution in [0.3, 0.4) is 0 Å². The first-order valence-electron chi connectivity index (χ1n) is 8.38. The minimum absolute atomic E-state index is 0.111. The van der Waals surface area contributed by atoms with E-state index in [-0.39, 0.29) is 17.6 Å². The third kappa shape index (κ3) is 6.97. The minimum Gasteiger partial charge on any atom is -0.444 e. The average Bonchev–Trinajstić information content (AvgIpc) is 2.58. The van der Waals surface area contributed by atoms with Gasteiger partial charge in [-0.15, -0.1) is 0 Å². The molecule has 22 heavy (non-hydrogen) atoms. The zero-order chi connectivity index (χ0) is 17.0. The molecule has 130 valence electrons. The Kier molecular flexibility index (Phi) is 6.68. The minimum atomic E-state index is -0.447. The Bertz CT molecular complexity index is 358. The number of aliphatic hydroxyl groups excluding tert-OH is 1. The summed E-state index contributed by atoms with van der Waals surface area (Å²) >= 11 is 0. The molecule has 0 aliphatic carbocycles. The Labute approximate surface area is 135 Å². The number of carbonyl (C=O) groups excluding carboxylic acids is 1. The highest BCUT2D eigenvalue weighted by molar-refractivity contribution is 5.68. The maximum atomic E-state index is 12.1. The summed E-state index contributed by atoms with van der Waals surface area (Å²) in [6, 6.07) is 0.351. The molecule has 0 aromatic rings. The maximum Gasteiger partial charge on any atom is 0.410 e. The predicted molar refractivity (Wildman–Crippen MR) is 88.9 cm³/mol. The van der Waals surface area contributed by atoms with E-state index in [1.165, 1.54) is 0 Å². The van der Waals surface area contributed by atoms with Crippen LogP contribution in [0.4, 0.5) is 4.79 Å². The van der Waals surface area contributed by atoms with Crippen molar-refractivity contribution in [3.63, 3.8) is 0 Å². The highest BCUT2D eigenvalue weighted by Crippen LogP contribution is 2.19. The molecule has 0 aromatic heterocycles. The van der Waals surface area contributed by atoms with Crippen molar-refractivity contribution in [2.75, 3.05) is 19.6 Å². The molecule has 2 N–H and O–H groups in total. The summed E-state index contributed by atoms with van der Waals surface area (Å²) < 4.78 is 5.44. The Hall–Kier alpha value is -0.810. The van der Waals surface area contributed by atoms with E-state index in [0.717, 1.165) is 25.8 Å². The summed E-state index contributed by atoms with van der Waals surface area (Å²) in [6.45, 7) is 13.8. The molecule has 0 unspecified atom stereocenters. The maximum absolute atomic E-state index is 12.1. The molecule has 5 heteroatoms. The van der Waals surface area contributed by atoms with Crippen LogP contribution in [0, 0.1) is 5.41 Å². The molecule has 0 bridgehead atoms. The van der Waals surface area contributed by atoms with Crippen LogP contribution in [0.15, 0.2) is 0 Å². The van der Waals surface area contributed by atoms with Gasteiger partial charge >= 0.3 is 6.09 Å². The van der Waals surface area contributed by atoms with Crippen LogP contribution < -0.4 is 5.32 Å². The van der Waals surface area contributed by atoms with E-state index < -0.39 is 5.60 Å². The second-order valence-electron chi connectivity index (χ2n) is 8.39. The number of ether oxygens (including phenoxy) is 1. The second kappa shape index (κ2) is 7.64. The number of rotatable bonds is 3. The number of carbonyl (C=O) groups is 1. The normalized spacial score (nSPS) is 22.1. The van der Waals surface area contributed by atoms with Crippen LogP contribution in [0.1, 0.15) is 60.8 Å². The van der Waals surface area contributed by atoms with Crippen LogP contribution in [-0.4, -0.2) is 53.5 Å². The zero-order valence-electron chi connectivity index (χ0n) is 15.1. The number of hydrogen-bond donors (Lipinski definition) is 2. The molecule has 1 fully saturated rings. The quantitative estimate of drug-likeness (QED) is 0.841. The molecular formula is C17H34N2O3. The van der Waals surface area contributed by atoms with Crippen molar-refractivity contribution in [2.45, 2.75) is 78.6 Å². The van der Waals surface area contributed by atoms with E-state index in [1.54, 1.807) is 4.90 Å². The molecule has 5 nitrogen and oxygen atoms in total. The first kappa shape index (κ1) is 19.2. The molecule has 0 aromatic carbocycles. The van der Waals surface area contributed by atoms with Gasteiger partial charge in [-0.2, -0.15) is 0 Å². The van der Waals surface area contributed by atoms with E-state index in [2.05, 4.69) is 5.32 Å². The lowest BCUT2D eigenvalue weighted by Gasteiger charge is -2.28. The van der Waals surface area contributed by atoms with Crippen molar-refractivity contribution in [3.8, 4) is 0 Å². The smallest absolute Gasteiger partial charge is 0.410 e. The standard InChI is InChI=1S/C17H34N2O3/c1-16(2,3)14(20)12-18-13-8-7-10-19(11-9-13)15(21)22-17(4,5)6/h13-14,18,20H,7-12H2,1-6H3/t13-,14+/m1/s1. The number of aliphatic hydroxyl groups is 1. The van der Waals surface area contributed by atoms with Gasteiger partial charge in [-0.05, 0) is 45.4 Å². The van der Waals surface area contributed by atoms with Gasteiger partial charge in [-0.1, -0.05) is 20.8 Å². The second-order valence-corrected chi connectivity index (χ2v) is 8.39. The molecule has 2 atom stereocenters. The van der Waals surface area contributed by atoms with Crippen molar-refractivity contribution >= 4 is 6.09 Å². The van der Waals surface area contributed by atoms with Gasteiger partial charge in [0.1, 0.15) is 5.60 Å². The first-order chi connectivity index (χ1) is 9.99. The van der Waals surface area contributed by atoms with Crippen molar-refractivity contribution < 1.29 is 14.6 Å². The number of nitrogens with one attached hydrogen (secondary N) is 1. The number of amides is 1. The molecule has 1 rings (SSSR count). The van der Waals surface area contributed by atoms with Gasteiger partial charge in [0.25, 0.3) is 0 Å². The van der Waals surface area contributed by atoms with Crippen molar-refractivity contribution in [1.82, 2.24) is 10.2 Å². The van der Waals surface area contributed by atoms with E-state index >= 15 is 0 Å². The van der Waals surface area contributed by atoms with Gasteiger partial charge in [0.15, 0.2) is 0 Å². The monoisotopic (exact) mass is 314 g/mol. The highest BCUT2D eigenvalue weighted by atomic mass is 16.6. The van der Waals surface area contributed by atoms with E-state index in [9.17, 15) is 9.90 Å². The number of hydrogen-bond acceptors (Lipinski definition) is 4. The highest BCUT2D eigenvalue weighted by Gasteiger charge is 2.26. The lowest BCUT2D eigenvalue weighted by atomic mass is 9.89. The summed E-state index contributed by atoms with van der Waals surface area (Å²) in [4.78, 5) is 13.9. The van der Waals surface area contributed by atoms with Gasteiger partial charge in [0, 0.05) is 25.7 Å². The molecule has 1 amide bonds. The van der Waals surface area contributed by atoms with Crippen LogP contribution in [-0.2, 0) is 4.74 Å². The summed E-state index contributed by atoms with van der Waals surface area (Å²) in [5, 5.41) is 13.6. The molecule has 0 radical (unpaired) electrons. The van der Waals surface area contributed by atoms with Gasteiger partial charge in [0.2, 0.25) is 0 Å². The zero-order valence-corrected chi connectivity index (χ0v) is 15.1. The molecule has 0 spiro atoms. The molecular weight excluding hydrogens is 280 g/mol. The molecule has 0 saturated carbocycles. The van der Waals surface area contributed by atoms with Gasteiger partial charge in [0.05, 0.1) is 6.10 Å². The molecule has 1 heterocycles. The number of nitrogens with zero attached hydrogens (tertiary/aromatic N) is 1. The fourth-order valence-corrected chi connectivity index (χ4v) is 2.39. The predicted octanol–water partition coefficient (Wildman–Crippen LogP) is 2.77. The SMILES string of the molecule is CC(C)(C)OC(=O)N1CCC[C@@H](NC[C@H](O)C(C)(C)C)CC1. The Morgan fingerprint density at radius 3 is 2.41 bits per heavy atom. The van der Waals surface area contributed by atoms with E-state index in [4.69, 9.17) is 4.74 Å². The van der Waals surface area contributed by atoms with Crippen LogP contribution in [0.5, 0.6) is 0 Å². The summed E-state index contributed by atoms with van der Waals surface area (Å²) in [7, 11) is 0. The fraction of sp³-hybridized carbons (Fsp3) is 0.941. The van der Waals surface area contributed by atoms with Crippen molar-refractivity contribution in [2.24, 2.45) is 5.41 Å². The summed E-state index contributed by atoms with van der Waals surface area (Å²) in [5.41, 5.74) is -0.557.